The van der Waals surface area contributed by atoms with Crippen molar-refractivity contribution in [2.75, 3.05) is 0 Å². The molecule has 0 bridgehead atoms. The first-order valence-electron chi connectivity index (χ1n) is 7.05. The molecule has 2 aromatic rings. The second-order valence-corrected chi connectivity index (χ2v) is 6.57. The van der Waals surface area contributed by atoms with E-state index in [0.717, 1.165) is 40.6 Å². The summed E-state index contributed by atoms with van der Waals surface area (Å²) in [5.41, 5.74) is 4.68. The number of halogens is 1. The summed E-state index contributed by atoms with van der Waals surface area (Å²) < 4.78 is 1.02. The van der Waals surface area contributed by atoms with Gasteiger partial charge in [-0.1, -0.05) is 37.1 Å². The molecule has 1 aromatic heterocycles. The van der Waals surface area contributed by atoms with Crippen LogP contribution in [-0.2, 0) is 0 Å². The van der Waals surface area contributed by atoms with Crippen molar-refractivity contribution in [2.24, 2.45) is 5.10 Å². The first-order valence-corrected chi connectivity index (χ1v) is 8.24. The molecule has 2 rings (SSSR count). The fourth-order valence-electron chi connectivity index (χ4n) is 2.00. The maximum atomic E-state index is 12.2. The Morgan fingerprint density at radius 1 is 1.43 bits per heavy atom. The fourth-order valence-corrected chi connectivity index (χ4v) is 3.51. The number of nitrogens with zero attached hydrogens (tertiary/aromatic N) is 1. The van der Waals surface area contributed by atoms with Crippen LogP contribution < -0.4 is 5.43 Å². The number of nitrogens with one attached hydrogen (secondary N) is 1. The Labute approximate surface area is 134 Å². The number of hydrogen-bond acceptors (Lipinski definition) is 3. The number of thiophene rings is 1. The number of hydrogen-bond donors (Lipinski definition) is 1. The number of hydrazone groups is 1. The average Bonchev–Trinajstić information content (AvgIpc) is 2.79. The number of carbonyl (C=O) groups excluding carboxylic acids is 1. The molecule has 3 nitrogen and oxygen atoms in total. The van der Waals surface area contributed by atoms with Crippen molar-refractivity contribution < 1.29 is 4.79 Å². The third-order valence-corrected chi connectivity index (χ3v) is 4.89. The quantitative estimate of drug-likeness (QED) is 0.599. The van der Waals surface area contributed by atoms with E-state index in [2.05, 4.69) is 17.5 Å². The van der Waals surface area contributed by atoms with E-state index >= 15 is 0 Å². The minimum absolute atomic E-state index is 0.241. The summed E-state index contributed by atoms with van der Waals surface area (Å²) in [6.07, 6.45) is 3.09. The van der Waals surface area contributed by atoms with Gasteiger partial charge in [-0.05, 0) is 38.3 Å². The van der Waals surface area contributed by atoms with Crippen LogP contribution in [0.1, 0.15) is 48.3 Å². The topological polar surface area (TPSA) is 41.5 Å². The number of amides is 1. The van der Waals surface area contributed by atoms with Crippen LogP contribution in [0.2, 0.25) is 5.02 Å². The maximum absolute atomic E-state index is 12.2. The van der Waals surface area contributed by atoms with Gasteiger partial charge in [0.05, 0.1) is 5.02 Å². The van der Waals surface area contributed by atoms with Crippen LogP contribution in [0.15, 0.2) is 23.3 Å². The van der Waals surface area contributed by atoms with Gasteiger partial charge in [-0.2, -0.15) is 5.10 Å². The van der Waals surface area contributed by atoms with Crippen molar-refractivity contribution in [1.82, 2.24) is 5.43 Å². The van der Waals surface area contributed by atoms with Crippen LogP contribution in [0.5, 0.6) is 0 Å². The third-order valence-electron chi connectivity index (χ3n) is 3.23. The van der Waals surface area contributed by atoms with Gasteiger partial charge in [-0.15, -0.1) is 11.3 Å². The molecule has 1 N–H and O–H groups in total. The fraction of sp³-hybridized carbons (Fsp3) is 0.375. The molecule has 0 atom stereocenters. The molecule has 0 aliphatic heterocycles. The number of carbonyl (C=O) groups is 1. The van der Waals surface area contributed by atoms with Gasteiger partial charge in [0.15, 0.2) is 0 Å². The minimum Gasteiger partial charge on any atom is -0.266 e. The lowest BCUT2D eigenvalue weighted by Crippen LogP contribution is -2.18. The molecule has 1 heterocycles. The van der Waals surface area contributed by atoms with Gasteiger partial charge in [0.1, 0.15) is 4.88 Å². The van der Waals surface area contributed by atoms with Gasteiger partial charge in [-0.25, -0.2) is 5.43 Å². The van der Waals surface area contributed by atoms with Gasteiger partial charge in [0, 0.05) is 15.8 Å². The Morgan fingerprint density at radius 2 is 2.19 bits per heavy atom. The van der Waals surface area contributed by atoms with Crippen LogP contribution >= 0.6 is 22.9 Å². The molecule has 112 valence electrons. The van der Waals surface area contributed by atoms with E-state index in [4.69, 9.17) is 11.6 Å². The molecule has 0 spiro atoms. The number of benzene rings is 1. The Balaban J connectivity index is 2.18. The molecule has 0 unspecified atom stereocenters. The number of rotatable bonds is 5. The Kier molecular flexibility index (Phi) is 5.37. The van der Waals surface area contributed by atoms with Crippen molar-refractivity contribution in [2.45, 2.75) is 40.0 Å². The van der Waals surface area contributed by atoms with Crippen molar-refractivity contribution in [3.63, 3.8) is 0 Å². The highest BCUT2D eigenvalue weighted by atomic mass is 35.5. The molecular weight excluding hydrogens is 304 g/mol. The lowest BCUT2D eigenvalue weighted by Gasteiger charge is -2.01. The Bertz CT molecular complexity index is 691. The molecular formula is C16H19ClN2OS. The van der Waals surface area contributed by atoms with Crippen molar-refractivity contribution in [3.05, 3.63) is 33.7 Å². The standard InChI is InChI=1S/C16H19ClN2OS/c1-4-5-6-11(3)18-19-16(20)15-14(17)12-8-7-10(2)9-13(12)21-15/h7-9H,4-6H2,1-3H3,(H,19,20)/b18-11+. The molecule has 0 radical (unpaired) electrons. The van der Waals surface area contributed by atoms with Crippen LogP contribution in [0.3, 0.4) is 0 Å². The van der Waals surface area contributed by atoms with Crippen LogP contribution in [0.4, 0.5) is 0 Å². The smallest absolute Gasteiger partial charge is 0.266 e. The molecule has 0 saturated heterocycles. The SMILES string of the molecule is CCCC/C(C)=N/NC(=O)c1sc2cc(C)ccc2c1Cl. The van der Waals surface area contributed by atoms with Gasteiger partial charge in [0.25, 0.3) is 5.91 Å². The monoisotopic (exact) mass is 322 g/mol. The second-order valence-electron chi connectivity index (χ2n) is 5.14. The van der Waals surface area contributed by atoms with Crippen molar-refractivity contribution >= 4 is 44.6 Å². The normalized spacial score (nSPS) is 11.9. The van der Waals surface area contributed by atoms with Gasteiger partial charge < -0.3 is 0 Å². The molecule has 1 aromatic carbocycles. The highest BCUT2D eigenvalue weighted by Crippen LogP contribution is 2.35. The lowest BCUT2D eigenvalue weighted by molar-refractivity contribution is 0.0959. The highest BCUT2D eigenvalue weighted by molar-refractivity contribution is 7.21. The summed E-state index contributed by atoms with van der Waals surface area (Å²) >= 11 is 7.71. The molecule has 5 heteroatoms. The number of unbranched alkanes of at least 4 members (excludes halogenated alkanes) is 1. The van der Waals surface area contributed by atoms with E-state index in [1.54, 1.807) is 0 Å². The zero-order valence-electron chi connectivity index (χ0n) is 12.5. The average molecular weight is 323 g/mol. The highest BCUT2D eigenvalue weighted by Gasteiger charge is 2.16. The van der Waals surface area contributed by atoms with E-state index in [-0.39, 0.29) is 5.91 Å². The lowest BCUT2D eigenvalue weighted by atomic mass is 10.2. The minimum atomic E-state index is -0.241. The van der Waals surface area contributed by atoms with Crippen LogP contribution in [0.25, 0.3) is 10.1 Å². The van der Waals surface area contributed by atoms with E-state index in [0.29, 0.717) is 9.90 Å². The van der Waals surface area contributed by atoms with Gasteiger partial charge >= 0.3 is 0 Å². The van der Waals surface area contributed by atoms with E-state index in [9.17, 15) is 4.79 Å². The van der Waals surface area contributed by atoms with Crippen molar-refractivity contribution in [1.29, 1.82) is 0 Å². The summed E-state index contributed by atoms with van der Waals surface area (Å²) in [5.74, 6) is -0.241. The second kappa shape index (κ2) is 7.05. The largest absolute Gasteiger partial charge is 0.283 e. The molecule has 1 amide bonds. The summed E-state index contributed by atoms with van der Waals surface area (Å²) in [6, 6.07) is 5.99. The van der Waals surface area contributed by atoms with Crippen molar-refractivity contribution in [3.8, 4) is 0 Å². The summed E-state index contributed by atoms with van der Waals surface area (Å²) in [5, 5.41) is 5.56. The molecule has 0 aliphatic rings. The number of aryl methyl sites for hydroxylation is 1. The molecule has 21 heavy (non-hydrogen) atoms. The summed E-state index contributed by atoms with van der Waals surface area (Å²) in [7, 11) is 0. The third kappa shape index (κ3) is 3.83. The summed E-state index contributed by atoms with van der Waals surface area (Å²) in [6.45, 7) is 6.07. The first kappa shape index (κ1) is 16.0. The summed E-state index contributed by atoms with van der Waals surface area (Å²) in [4.78, 5) is 12.7. The predicted octanol–water partition coefficient (Wildman–Crippen LogP) is 5.16. The van der Waals surface area contributed by atoms with Gasteiger partial charge in [-0.3, -0.25) is 4.79 Å². The van der Waals surface area contributed by atoms with E-state index < -0.39 is 0 Å². The Hall–Kier alpha value is -1.39. The maximum Gasteiger partial charge on any atom is 0.283 e. The van der Waals surface area contributed by atoms with E-state index in [1.165, 1.54) is 11.3 Å². The zero-order valence-corrected chi connectivity index (χ0v) is 14.1. The molecule has 0 aliphatic carbocycles. The Morgan fingerprint density at radius 3 is 2.90 bits per heavy atom. The van der Waals surface area contributed by atoms with Crippen LogP contribution in [-0.4, -0.2) is 11.6 Å². The van der Waals surface area contributed by atoms with E-state index in [1.807, 2.05) is 32.0 Å². The first-order chi connectivity index (χ1) is 10.0. The molecule has 0 saturated carbocycles. The molecule has 0 fully saturated rings. The number of fused-ring (bicyclic) bond motifs is 1. The van der Waals surface area contributed by atoms with Crippen LogP contribution in [0, 0.1) is 6.92 Å². The predicted molar refractivity (Wildman–Crippen MR) is 91.7 cm³/mol. The zero-order chi connectivity index (χ0) is 15.4. The van der Waals surface area contributed by atoms with Gasteiger partial charge in [0.2, 0.25) is 0 Å².